The Balaban J connectivity index is 2.53. The molecule has 2 rings (SSSR count). The summed E-state index contributed by atoms with van der Waals surface area (Å²) in [4.78, 5) is 12.4. The first-order valence-corrected chi connectivity index (χ1v) is 6.42. The Labute approximate surface area is 121 Å². The van der Waals surface area contributed by atoms with E-state index in [2.05, 4.69) is 0 Å². The van der Waals surface area contributed by atoms with E-state index in [4.69, 9.17) is 23.2 Å². The fourth-order valence-electron chi connectivity index (χ4n) is 1.86. The normalized spacial score (nSPS) is 10.6. The number of ketones is 1. The summed E-state index contributed by atoms with van der Waals surface area (Å²) in [5, 5.41) is 0.679. The molecule has 19 heavy (non-hydrogen) atoms. The summed E-state index contributed by atoms with van der Waals surface area (Å²) >= 11 is 11.8. The second-order valence-corrected chi connectivity index (χ2v) is 5.21. The van der Waals surface area contributed by atoms with Crippen LogP contribution in [0.1, 0.15) is 27.0 Å². The lowest BCUT2D eigenvalue weighted by atomic mass is 9.98. The Morgan fingerprint density at radius 1 is 1.00 bits per heavy atom. The lowest BCUT2D eigenvalue weighted by Crippen LogP contribution is -2.05. The zero-order chi connectivity index (χ0) is 14.2. The largest absolute Gasteiger partial charge is 0.289 e. The van der Waals surface area contributed by atoms with Crippen molar-refractivity contribution in [2.24, 2.45) is 0 Å². The lowest BCUT2D eigenvalue weighted by molar-refractivity contribution is 0.103. The number of halogens is 3. The van der Waals surface area contributed by atoms with Crippen molar-refractivity contribution < 1.29 is 9.18 Å². The molecule has 0 aromatic heterocycles. The van der Waals surface area contributed by atoms with Crippen LogP contribution in [0.3, 0.4) is 0 Å². The minimum Gasteiger partial charge on any atom is -0.289 e. The predicted octanol–water partition coefficient (Wildman–Crippen LogP) is 4.98. The third-order valence-corrected chi connectivity index (χ3v) is 3.47. The van der Waals surface area contributed by atoms with E-state index in [0.29, 0.717) is 21.7 Å². The molecule has 1 nitrogen and oxygen atoms in total. The second-order valence-electron chi connectivity index (χ2n) is 4.37. The number of benzene rings is 2. The molecule has 4 heteroatoms. The molecule has 2 aromatic carbocycles. The number of carbonyl (C=O) groups excluding carboxylic acids is 1. The average molecular weight is 297 g/mol. The van der Waals surface area contributed by atoms with E-state index in [1.807, 2.05) is 0 Å². The molecule has 0 fully saturated rings. The molecule has 0 unspecified atom stereocenters. The van der Waals surface area contributed by atoms with Crippen LogP contribution >= 0.6 is 23.2 Å². The van der Waals surface area contributed by atoms with Crippen LogP contribution in [0.5, 0.6) is 0 Å². The Morgan fingerprint density at radius 2 is 1.68 bits per heavy atom. The molecule has 0 atom stereocenters. The summed E-state index contributed by atoms with van der Waals surface area (Å²) in [5.41, 5.74) is 1.96. The van der Waals surface area contributed by atoms with Gasteiger partial charge in [-0.2, -0.15) is 0 Å². The molecule has 98 valence electrons. The summed E-state index contributed by atoms with van der Waals surface area (Å²) in [5.74, 6) is -0.656. The third kappa shape index (κ3) is 2.80. The predicted molar refractivity (Wildman–Crippen MR) is 75.8 cm³/mol. The van der Waals surface area contributed by atoms with Gasteiger partial charge < -0.3 is 0 Å². The molecule has 0 aliphatic rings. The van der Waals surface area contributed by atoms with Crippen LogP contribution in [-0.2, 0) is 0 Å². The molecule has 0 bridgehead atoms. The minimum atomic E-state index is -0.422. The highest BCUT2D eigenvalue weighted by Gasteiger charge is 2.17. The number of hydrogen-bond donors (Lipinski definition) is 0. The smallest absolute Gasteiger partial charge is 0.194 e. The Hall–Kier alpha value is -1.38. The standard InChI is InChI=1S/C15H11Cl2FO/c1-8-5-10(16)3-4-11(8)15(19)12-6-9(2)14(18)7-13(12)17/h3-7H,1-2H3. The van der Waals surface area contributed by atoms with Crippen LogP contribution in [0.4, 0.5) is 4.39 Å². The maximum absolute atomic E-state index is 13.3. The van der Waals surface area contributed by atoms with Gasteiger partial charge in [-0.25, -0.2) is 4.39 Å². The van der Waals surface area contributed by atoms with Gasteiger partial charge in [-0.3, -0.25) is 4.79 Å². The van der Waals surface area contributed by atoms with E-state index < -0.39 is 5.82 Å². The molecule has 0 aliphatic carbocycles. The number of aryl methyl sites for hydroxylation is 2. The van der Waals surface area contributed by atoms with E-state index in [-0.39, 0.29) is 10.8 Å². The second kappa shape index (κ2) is 5.32. The molecular formula is C15H11Cl2FO. The number of rotatable bonds is 2. The molecule has 0 aliphatic heterocycles. The first kappa shape index (κ1) is 14.0. The van der Waals surface area contributed by atoms with E-state index in [1.165, 1.54) is 6.07 Å². The SMILES string of the molecule is Cc1cc(C(=O)c2ccc(Cl)cc2C)c(Cl)cc1F. The van der Waals surface area contributed by atoms with Gasteiger partial charge in [0.2, 0.25) is 0 Å². The van der Waals surface area contributed by atoms with Crippen molar-refractivity contribution in [3.8, 4) is 0 Å². The van der Waals surface area contributed by atoms with Crippen molar-refractivity contribution in [1.82, 2.24) is 0 Å². The summed E-state index contributed by atoms with van der Waals surface area (Å²) in [6.45, 7) is 3.39. The van der Waals surface area contributed by atoms with Gasteiger partial charge in [0.15, 0.2) is 5.78 Å². The van der Waals surface area contributed by atoms with Gasteiger partial charge in [-0.1, -0.05) is 23.2 Å². The Morgan fingerprint density at radius 3 is 2.32 bits per heavy atom. The molecule has 0 radical (unpaired) electrons. The third-order valence-electron chi connectivity index (χ3n) is 2.93. The van der Waals surface area contributed by atoms with Gasteiger partial charge in [-0.15, -0.1) is 0 Å². The van der Waals surface area contributed by atoms with Crippen molar-refractivity contribution in [3.63, 3.8) is 0 Å². The Kier molecular flexibility index (Phi) is 3.93. The molecule has 0 N–H and O–H groups in total. The Bertz CT molecular complexity index is 665. The first-order chi connectivity index (χ1) is 8.90. The fourth-order valence-corrected chi connectivity index (χ4v) is 2.32. The van der Waals surface area contributed by atoms with E-state index >= 15 is 0 Å². The van der Waals surface area contributed by atoms with Crippen LogP contribution in [0.25, 0.3) is 0 Å². The average Bonchev–Trinajstić information content (AvgIpc) is 2.33. The number of hydrogen-bond acceptors (Lipinski definition) is 1. The van der Waals surface area contributed by atoms with Crippen molar-refractivity contribution in [3.05, 3.63) is 68.4 Å². The van der Waals surface area contributed by atoms with Crippen LogP contribution in [-0.4, -0.2) is 5.78 Å². The molecular weight excluding hydrogens is 286 g/mol. The van der Waals surface area contributed by atoms with Gasteiger partial charge in [0.25, 0.3) is 0 Å². The zero-order valence-corrected chi connectivity index (χ0v) is 11.9. The molecule has 0 spiro atoms. The van der Waals surface area contributed by atoms with Crippen molar-refractivity contribution in [2.75, 3.05) is 0 Å². The van der Waals surface area contributed by atoms with Gasteiger partial charge in [0, 0.05) is 16.1 Å². The summed E-state index contributed by atoms with van der Waals surface area (Å²) in [7, 11) is 0. The summed E-state index contributed by atoms with van der Waals surface area (Å²) in [6, 6.07) is 7.63. The van der Waals surface area contributed by atoms with Gasteiger partial charge in [0.05, 0.1) is 5.02 Å². The van der Waals surface area contributed by atoms with E-state index in [1.54, 1.807) is 32.0 Å². The monoisotopic (exact) mass is 296 g/mol. The molecule has 0 saturated carbocycles. The highest BCUT2D eigenvalue weighted by molar-refractivity contribution is 6.35. The van der Waals surface area contributed by atoms with Crippen molar-refractivity contribution in [2.45, 2.75) is 13.8 Å². The number of carbonyl (C=O) groups is 1. The highest BCUT2D eigenvalue weighted by Crippen LogP contribution is 2.25. The molecule has 0 heterocycles. The maximum atomic E-state index is 13.3. The minimum absolute atomic E-state index is 0.113. The summed E-state index contributed by atoms with van der Waals surface area (Å²) in [6.07, 6.45) is 0. The van der Waals surface area contributed by atoms with Crippen LogP contribution in [0, 0.1) is 19.7 Å². The lowest BCUT2D eigenvalue weighted by Gasteiger charge is -2.08. The van der Waals surface area contributed by atoms with Crippen molar-refractivity contribution in [1.29, 1.82) is 0 Å². The summed E-state index contributed by atoms with van der Waals surface area (Å²) < 4.78 is 13.3. The maximum Gasteiger partial charge on any atom is 0.194 e. The van der Waals surface area contributed by atoms with Crippen LogP contribution in [0.2, 0.25) is 10.0 Å². The van der Waals surface area contributed by atoms with Gasteiger partial charge in [0.1, 0.15) is 5.82 Å². The zero-order valence-electron chi connectivity index (χ0n) is 10.4. The highest BCUT2D eigenvalue weighted by atomic mass is 35.5. The van der Waals surface area contributed by atoms with E-state index in [9.17, 15) is 9.18 Å². The van der Waals surface area contributed by atoms with Crippen LogP contribution in [0.15, 0.2) is 30.3 Å². The van der Waals surface area contributed by atoms with Gasteiger partial charge >= 0.3 is 0 Å². The van der Waals surface area contributed by atoms with Crippen molar-refractivity contribution >= 4 is 29.0 Å². The van der Waals surface area contributed by atoms with Crippen LogP contribution < -0.4 is 0 Å². The topological polar surface area (TPSA) is 17.1 Å². The molecule has 0 amide bonds. The van der Waals surface area contributed by atoms with E-state index in [0.717, 1.165) is 11.6 Å². The quantitative estimate of drug-likeness (QED) is 0.714. The fraction of sp³-hybridized carbons (Fsp3) is 0.133. The molecule has 0 saturated heterocycles. The molecule has 2 aromatic rings. The first-order valence-electron chi connectivity index (χ1n) is 5.66. The van der Waals surface area contributed by atoms with Gasteiger partial charge in [-0.05, 0) is 55.3 Å².